The maximum absolute atomic E-state index is 13.4. The minimum absolute atomic E-state index is 0.124. The number of benzene rings is 1. The van der Waals surface area contributed by atoms with Gasteiger partial charge in [0, 0.05) is 31.5 Å². The number of hydrogen-bond donors (Lipinski definition) is 1. The summed E-state index contributed by atoms with van der Waals surface area (Å²) in [6.07, 6.45) is 2.43. The van der Waals surface area contributed by atoms with Gasteiger partial charge in [0.15, 0.2) is 5.52 Å². The van der Waals surface area contributed by atoms with Crippen LogP contribution in [0, 0.1) is 24.2 Å². The van der Waals surface area contributed by atoms with E-state index < -0.39 is 11.4 Å². The number of aromatic nitrogens is 3. The number of pyridine rings is 1. The SMILES string of the molecule is CC#CC(=O)N(c1ccc2c(n1)c(OC1CC(COC)(C(=O)O)C1)nn2C)c1cc(C)c(Br)cc1C1CC1. The Labute approximate surface area is 229 Å². The molecule has 1 amide bonds. The summed E-state index contributed by atoms with van der Waals surface area (Å²) in [5, 5.41) is 14.2. The van der Waals surface area contributed by atoms with Gasteiger partial charge in [-0.3, -0.25) is 19.2 Å². The Morgan fingerprint density at radius 2 is 2.03 bits per heavy atom. The molecule has 0 saturated heterocycles. The fourth-order valence-corrected chi connectivity index (χ4v) is 5.44. The highest BCUT2D eigenvalue weighted by Crippen LogP contribution is 2.48. The summed E-state index contributed by atoms with van der Waals surface area (Å²) in [6, 6.07) is 7.72. The molecular formula is C28H29BrN4O5. The molecular weight excluding hydrogens is 552 g/mol. The lowest BCUT2D eigenvalue weighted by Crippen LogP contribution is -2.52. The molecule has 0 radical (unpaired) electrons. The van der Waals surface area contributed by atoms with Crippen LogP contribution < -0.4 is 9.64 Å². The number of hydrogen-bond acceptors (Lipinski definition) is 6. The Kier molecular flexibility index (Phi) is 6.92. The van der Waals surface area contributed by atoms with Crippen molar-refractivity contribution in [3.63, 3.8) is 0 Å². The first-order valence-electron chi connectivity index (χ1n) is 12.5. The first kappa shape index (κ1) is 26.2. The molecule has 1 N–H and O–H groups in total. The van der Waals surface area contributed by atoms with Crippen molar-refractivity contribution >= 4 is 50.3 Å². The monoisotopic (exact) mass is 580 g/mol. The summed E-state index contributed by atoms with van der Waals surface area (Å²) in [7, 11) is 3.28. The molecule has 2 aromatic heterocycles. The molecule has 0 aliphatic heterocycles. The fraction of sp³-hybridized carbons (Fsp3) is 0.429. The van der Waals surface area contributed by atoms with Crippen molar-refractivity contribution in [3.8, 4) is 17.7 Å². The number of methoxy groups -OCH3 is 1. The first-order chi connectivity index (χ1) is 18.2. The number of fused-ring (bicyclic) bond motifs is 1. The van der Waals surface area contributed by atoms with Gasteiger partial charge in [-0.1, -0.05) is 21.9 Å². The first-order valence-corrected chi connectivity index (χ1v) is 13.3. The van der Waals surface area contributed by atoms with E-state index in [1.54, 1.807) is 29.6 Å². The zero-order valence-electron chi connectivity index (χ0n) is 21.7. The number of halogens is 1. The summed E-state index contributed by atoms with van der Waals surface area (Å²) in [5.74, 6) is 5.23. The number of aliphatic carboxylic acids is 1. The van der Waals surface area contributed by atoms with E-state index in [0.29, 0.717) is 36.0 Å². The number of carboxylic acids is 1. The van der Waals surface area contributed by atoms with Crippen LogP contribution in [0.4, 0.5) is 11.5 Å². The van der Waals surface area contributed by atoms with Crippen molar-refractivity contribution in [3.05, 3.63) is 39.9 Å². The maximum atomic E-state index is 13.4. The van der Waals surface area contributed by atoms with E-state index in [-0.39, 0.29) is 18.6 Å². The Balaban J connectivity index is 1.54. The summed E-state index contributed by atoms with van der Waals surface area (Å²) < 4.78 is 13.9. The third-order valence-corrected chi connectivity index (χ3v) is 8.13. The molecule has 38 heavy (non-hydrogen) atoms. The summed E-state index contributed by atoms with van der Waals surface area (Å²) in [6.45, 7) is 3.74. The average Bonchev–Trinajstić information content (AvgIpc) is 3.64. The molecule has 5 rings (SSSR count). The molecule has 0 bridgehead atoms. The Morgan fingerprint density at radius 3 is 2.66 bits per heavy atom. The smallest absolute Gasteiger partial charge is 0.312 e. The van der Waals surface area contributed by atoms with Gasteiger partial charge in [-0.15, -0.1) is 5.10 Å². The van der Waals surface area contributed by atoms with Crippen molar-refractivity contribution in [2.75, 3.05) is 18.6 Å². The van der Waals surface area contributed by atoms with Crippen LogP contribution in [0.3, 0.4) is 0 Å². The van der Waals surface area contributed by atoms with Gasteiger partial charge in [0.05, 0.1) is 23.2 Å². The molecule has 9 nitrogen and oxygen atoms in total. The molecule has 198 valence electrons. The molecule has 2 aliphatic rings. The molecule has 0 unspecified atom stereocenters. The van der Waals surface area contributed by atoms with Gasteiger partial charge in [-0.2, -0.15) is 0 Å². The van der Waals surface area contributed by atoms with Gasteiger partial charge in [-0.25, -0.2) is 4.98 Å². The van der Waals surface area contributed by atoms with Crippen molar-refractivity contribution in [1.82, 2.24) is 14.8 Å². The number of carboxylic acid groups (broad SMARTS) is 1. The van der Waals surface area contributed by atoms with E-state index in [1.807, 2.05) is 19.1 Å². The van der Waals surface area contributed by atoms with Gasteiger partial charge in [-0.05, 0) is 73.9 Å². The second-order valence-electron chi connectivity index (χ2n) is 10.1. The minimum Gasteiger partial charge on any atom is -0.481 e. The highest BCUT2D eigenvalue weighted by molar-refractivity contribution is 9.10. The quantitative estimate of drug-likeness (QED) is 0.379. The zero-order valence-corrected chi connectivity index (χ0v) is 23.3. The van der Waals surface area contributed by atoms with Gasteiger partial charge in [0.25, 0.3) is 5.88 Å². The predicted molar refractivity (Wildman–Crippen MR) is 146 cm³/mol. The standard InChI is InChI=1S/C28H29BrN4O5/c1-5-6-24(34)33(22-11-16(2)20(29)12-19(22)17-7-8-17)23-10-9-21-25(30-23)26(31-32(21)3)38-18-13-28(14-18,15-37-4)27(35)36/h9-12,17-18H,7-8,13-15H2,1-4H3,(H,35,36). The minimum atomic E-state index is -0.955. The molecule has 2 fully saturated rings. The molecule has 1 aromatic carbocycles. The molecule has 0 spiro atoms. The van der Waals surface area contributed by atoms with E-state index in [2.05, 4.69) is 38.9 Å². The summed E-state index contributed by atoms with van der Waals surface area (Å²) >= 11 is 3.64. The number of aryl methyl sites for hydroxylation is 2. The van der Waals surface area contributed by atoms with Gasteiger partial charge in [0.1, 0.15) is 11.9 Å². The molecule has 2 saturated carbocycles. The van der Waals surface area contributed by atoms with Crippen LogP contribution in [0.25, 0.3) is 11.0 Å². The number of amides is 1. The Morgan fingerprint density at radius 1 is 1.29 bits per heavy atom. The predicted octanol–water partition coefficient (Wildman–Crippen LogP) is 4.86. The zero-order chi connectivity index (χ0) is 27.2. The van der Waals surface area contributed by atoms with Crippen LogP contribution in [-0.4, -0.2) is 51.6 Å². The lowest BCUT2D eigenvalue weighted by atomic mass is 9.67. The largest absolute Gasteiger partial charge is 0.481 e. The third kappa shape index (κ3) is 4.65. The Bertz CT molecular complexity index is 1490. The topological polar surface area (TPSA) is 107 Å². The van der Waals surface area contributed by atoms with Crippen LogP contribution in [0.1, 0.15) is 49.7 Å². The summed E-state index contributed by atoms with van der Waals surface area (Å²) in [4.78, 5) is 31.6. The number of anilines is 2. The summed E-state index contributed by atoms with van der Waals surface area (Å²) in [5.41, 5.74) is 3.12. The number of ether oxygens (including phenoxy) is 2. The lowest BCUT2D eigenvalue weighted by molar-refractivity contribution is -0.167. The Hall–Kier alpha value is -3.42. The van der Waals surface area contributed by atoms with E-state index in [4.69, 9.17) is 14.5 Å². The van der Waals surface area contributed by atoms with Crippen LogP contribution in [0.2, 0.25) is 0 Å². The van der Waals surface area contributed by atoms with Gasteiger partial charge >= 0.3 is 11.9 Å². The van der Waals surface area contributed by atoms with E-state index >= 15 is 0 Å². The van der Waals surface area contributed by atoms with Crippen LogP contribution >= 0.6 is 15.9 Å². The van der Waals surface area contributed by atoms with E-state index in [0.717, 1.165) is 39.6 Å². The molecule has 2 heterocycles. The second-order valence-corrected chi connectivity index (χ2v) is 10.9. The van der Waals surface area contributed by atoms with Crippen molar-refractivity contribution in [2.24, 2.45) is 12.5 Å². The van der Waals surface area contributed by atoms with Gasteiger partial charge < -0.3 is 14.6 Å². The van der Waals surface area contributed by atoms with Gasteiger partial charge in [0.2, 0.25) is 0 Å². The fourth-order valence-electron chi connectivity index (χ4n) is 5.08. The van der Waals surface area contributed by atoms with E-state index in [1.165, 1.54) is 7.11 Å². The number of nitrogens with zero attached hydrogens (tertiary/aromatic N) is 4. The maximum Gasteiger partial charge on any atom is 0.312 e. The molecule has 10 heteroatoms. The normalized spacial score (nSPS) is 20.4. The van der Waals surface area contributed by atoms with Crippen LogP contribution in [0.15, 0.2) is 28.7 Å². The molecule has 3 aromatic rings. The third-order valence-electron chi connectivity index (χ3n) is 7.27. The van der Waals surface area contributed by atoms with E-state index in [9.17, 15) is 14.7 Å². The lowest BCUT2D eigenvalue weighted by Gasteiger charge is -2.42. The van der Waals surface area contributed by atoms with Crippen molar-refractivity contribution < 1.29 is 24.2 Å². The number of rotatable bonds is 8. The number of carbonyl (C=O) groups is 2. The second kappa shape index (κ2) is 10.0. The van der Waals surface area contributed by atoms with Crippen molar-refractivity contribution in [2.45, 2.75) is 51.6 Å². The van der Waals surface area contributed by atoms with Crippen LogP contribution in [0.5, 0.6) is 5.88 Å². The highest BCUT2D eigenvalue weighted by Gasteiger charge is 2.52. The van der Waals surface area contributed by atoms with Crippen molar-refractivity contribution in [1.29, 1.82) is 0 Å². The number of carbonyl (C=O) groups excluding carboxylic acids is 1. The van der Waals surface area contributed by atoms with Crippen LogP contribution in [-0.2, 0) is 21.4 Å². The molecule has 0 atom stereocenters. The molecule has 2 aliphatic carbocycles. The average molecular weight is 581 g/mol. The highest BCUT2D eigenvalue weighted by atomic mass is 79.9.